The SMILES string of the molecule is N#Cc1ncc(Oc2ccc(C(=O)O)cc2)nc1C#N. The number of carbonyl (C=O) groups is 1. The van der Waals surface area contributed by atoms with Crippen LogP contribution < -0.4 is 4.74 Å². The number of nitriles is 2. The van der Waals surface area contributed by atoms with Gasteiger partial charge in [0.15, 0.2) is 11.4 Å². The number of carboxylic acid groups (broad SMARTS) is 1. The summed E-state index contributed by atoms with van der Waals surface area (Å²) in [5, 5.41) is 26.3. The standard InChI is InChI=1S/C13H6N4O3/c14-5-10-11(6-15)17-12(7-16-10)20-9-3-1-8(2-4-9)13(18)19/h1-4,7H,(H,18,19). The predicted octanol–water partition coefficient (Wildman–Crippen LogP) is 1.71. The van der Waals surface area contributed by atoms with Crippen molar-refractivity contribution in [2.45, 2.75) is 0 Å². The van der Waals surface area contributed by atoms with Gasteiger partial charge in [0.1, 0.15) is 17.9 Å². The molecule has 0 fully saturated rings. The molecule has 0 unspecified atom stereocenters. The Balaban J connectivity index is 2.24. The number of aromatic carboxylic acids is 1. The molecular weight excluding hydrogens is 260 g/mol. The van der Waals surface area contributed by atoms with Gasteiger partial charge in [-0.25, -0.2) is 9.78 Å². The van der Waals surface area contributed by atoms with Gasteiger partial charge in [-0.2, -0.15) is 15.5 Å². The molecule has 0 radical (unpaired) electrons. The topological polar surface area (TPSA) is 120 Å². The number of aromatic nitrogens is 2. The maximum absolute atomic E-state index is 10.7. The van der Waals surface area contributed by atoms with Crippen LogP contribution in [0, 0.1) is 22.7 Å². The van der Waals surface area contributed by atoms with Gasteiger partial charge < -0.3 is 9.84 Å². The third kappa shape index (κ3) is 2.68. The molecule has 0 atom stereocenters. The lowest BCUT2D eigenvalue weighted by Crippen LogP contribution is -1.98. The third-order valence-corrected chi connectivity index (χ3v) is 2.29. The van der Waals surface area contributed by atoms with Crippen LogP contribution >= 0.6 is 0 Å². The van der Waals surface area contributed by atoms with Crippen LogP contribution in [0.2, 0.25) is 0 Å². The number of carboxylic acids is 1. The van der Waals surface area contributed by atoms with Crippen molar-refractivity contribution in [2.75, 3.05) is 0 Å². The van der Waals surface area contributed by atoms with Crippen LogP contribution in [0.15, 0.2) is 30.5 Å². The molecule has 2 aromatic rings. The zero-order valence-electron chi connectivity index (χ0n) is 9.94. The number of ether oxygens (including phenoxy) is 1. The van der Waals surface area contributed by atoms with Crippen LogP contribution in [0.3, 0.4) is 0 Å². The van der Waals surface area contributed by atoms with Crippen LogP contribution in [0.1, 0.15) is 21.7 Å². The van der Waals surface area contributed by atoms with Crippen molar-refractivity contribution in [2.24, 2.45) is 0 Å². The van der Waals surface area contributed by atoms with Crippen molar-refractivity contribution in [3.8, 4) is 23.8 Å². The Kier molecular flexibility index (Phi) is 3.55. The molecule has 7 nitrogen and oxygen atoms in total. The van der Waals surface area contributed by atoms with E-state index in [1.165, 1.54) is 30.5 Å². The minimum Gasteiger partial charge on any atom is -0.478 e. The first-order valence-corrected chi connectivity index (χ1v) is 5.32. The van der Waals surface area contributed by atoms with Crippen LogP contribution in [-0.4, -0.2) is 21.0 Å². The van der Waals surface area contributed by atoms with E-state index in [1.54, 1.807) is 12.1 Å². The van der Waals surface area contributed by atoms with Crippen molar-refractivity contribution in [3.63, 3.8) is 0 Å². The van der Waals surface area contributed by atoms with Crippen molar-refractivity contribution in [1.29, 1.82) is 10.5 Å². The molecular formula is C13H6N4O3. The van der Waals surface area contributed by atoms with Crippen LogP contribution in [-0.2, 0) is 0 Å². The molecule has 0 amide bonds. The Morgan fingerprint density at radius 1 is 1.15 bits per heavy atom. The molecule has 1 aromatic carbocycles. The Bertz CT molecular complexity index is 742. The van der Waals surface area contributed by atoms with E-state index in [2.05, 4.69) is 9.97 Å². The van der Waals surface area contributed by atoms with E-state index in [1.807, 2.05) is 0 Å². The first-order valence-electron chi connectivity index (χ1n) is 5.32. The maximum Gasteiger partial charge on any atom is 0.335 e. The quantitative estimate of drug-likeness (QED) is 0.897. The van der Waals surface area contributed by atoms with Gasteiger partial charge in [0.05, 0.1) is 11.8 Å². The summed E-state index contributed by atoms with van der Waals surface area (Å²) in [6.07, 6.45) is 1.21. The Morgan fingerprint density at radius 2 is 1.80 bits per heavy atom. The summed E-state index contributed by atoms with van der Waals surface area (Å²) in [7, 11) is 0. The molecule has 7 heteroatoms. The average molecular weight is 266 g/mol. The van der Waals surface area contributed by atoms with Gasteiger partial charge in [0.25, 0.3) is 0 Å². The Hall–Kier alpha value is -3.45. The zero-order chi connectivity index (χ0) is 14.5. The largest absolute Gasteiger partial charge is 0.478 e. The van der Waals surface area contributed by atoms with Gasteiger partial charge in [0, 0.05) is 0 Å². The molecule has 20 heavy (non-hydrogen) atoms. The molecule has 1 aromatic heterocycles. The van der Waals surface area contributed by atoms with Crippen LogP contribution in [0.5, 0.6) is 11.6 Å². The fourth-order valence-electron chi connectivity index (χ4n) is 1.37. The smallest absolute Gasteiger partial charge is 0.335 e. The van der Waals surface area contributed by atoms with Crippen molar-refractivity contribution in [1.82, 2.24) is 9.97 Å². The highest BCUT2D eigenvalue weighted by molar-refractivity contribution is 5.87. The van der Waals surface area contributed by atoms with Crippen molar-refractivity contribution in [3.05, 3.63) is 47.4 Å². The predicted molar refractivity (Wildman–Crippen MR) is 64.9 cm³/mol. The first kappa shape index (κ1) is 13.0. The Morgan fingerprint density at radius 3 is 2.35 bits per heavy atom. The van der Waals surface area contributed by atoms with Crippen molar-refractivity contribution < 1.29 is 14.6 Å². The normalized spacial score (nSPS) is 9.30. The zero-order valence-corrected chi connectivity index (χ0v) is 9.94. The van der Waals surface area contributed by atoms with Crippen LogP contribution in [0.25, 0.3) is 0 Å². The third-order valence-electron chi connectivity index (χ3n) is 2.29. The summed E-state index contributed by atoms with van der Waals surface area (Å²) in [6.45, 7) is 0. The van der Waals surface area contributed by atoms with E-state index in [0.717, 1.165) is 0 Å². The summed E-state index contributed by atoms with van der Waals surface area (Å²) >= 11 is 0. The second-order valence-corrected chi connectivity index (χ2v) is 3.56. The second-order valence-electron chi connectivity index (χ2n) is 3.56. The fraction of sp³-hybridized carbons (Fsp3) is 0. The highest BCUT2D eigenvalue weighted by Gasteiger charge is 2.08. The lowest BCUT2D eigenvalue weighted by atomic mass is 10.2. The Labute approximate surface area is 113 Å². The highest BCUT2D eigenvalue weighted by atomic mass is 16.5. The maximum atomic E-state index is 10.7. The molecule has 0 saturated carbocycles. The summed E-state index contributed by atoms with van der Waals surface area (Å²) in [5.74, 6) is -0.650. The lowest BCUT2D eigenvalue weighted by Gasteiger charge is -2.04. The van der Waals surface area contributed by atoms with E-state index in [0.29, 0.717) is 5.75 Å². The summed E-state index contributed by atoms with van der Waals surface area (Å²) < 4.78 is 5.33. The van der Waals surface area contributed by atoms with Gasteiger partial charge in [-0.1, -0.05) is 0 Å². The molecule has 0 aliphatic carbocycles. The number of benzene rings is 1. The summed E-state index contributed by atoms with van der Waals surface area (Å²) in [6, 6.07) is 9.14. The molecule has 0 spiro atoms. The van der Waals surface area contributed by atoms with E-state index in [-0.39, 0.29) is 22.8 Å². The van der Waals surface area contributed by atoms with E-state index in [9.17, 15) is 4.79 Å². The molecule has 0 aliphatic rings. The molecule has 0 aliphatic heterocycles. The monoisotopic (exact) mass is 266 g/mol. The summed E-state index contributed by atoms with van der Waals surface area (Å²) in [4.78, 5) is 18.3. The number of nitrogens with zero attached hydrogens (tertiary/aromatic N) is 4. The summed E-state index contributed by atoms with van der Waals surface area (Å²) in [5.41, 5.74) is -0.0887. The van der Waals surface area contributed by atoms with Gasteiger partial charge in [-0.3, -0.25) is 0 Å². The average Bonchev–Trinajstić information content (AvgIpc) is 2.47. The van der Waals surface area contributed by atoms with Gasteiger partial charge in [0.2, 0.25) is 5.88 Å². The molecule has 1 heterocycles. The van der Waals surface area contributed by atoms with E-state index >= 15 is 0 Å². The molecule has 0 bridgehead atoms. The number of hydrogen-bond acceptors (Lipinski definition) is 6. The minimum absolute atomic E-state index is 0.0450. The van der Waals surface area contributed by atoms with Crippen molar-refractivity contribution >= 4 is 5.97 Å². The highest BCUT2D eigenvalue weighted by Crippen LogP contribution is 2.20. The molecule has 0 saturated heterocycles. The molecule has 96 valence electrons. The van der Waals surface area contributed by atoms with E-state index in [4.69, 9.17) is 20.4 Å². The lowest BCUT2D eigenvalue weighted by molar-refractivity contribution is 0.0697. The number of rotatable bonds is 3. The van der Waals surface area contributed by atoms with Gasteiger partial charge in [-0.15, -0.1) is 0 Å². The van der Waals surface area contributed by atoms with Crippen LogP contribution in [0.4, 0.5) is 0 Å². The fourth-order valence-corrected chi connectivity index (χ4v) is 1.37. The molecule has 1 N–H and O–H groups in total. The first-order chi connectivity index (χ1) is 9.63. The molecule has 2 rings (SSSR count). The second kappa shape index (κ2) is 5.46. The minimum atomic E-state index is -1.04. The van der Waals surface area contributed by atoms with E-state index < -0.39 is 5.97 Å². The van der Waals surface area contributed by atoms with Gasteiger partial charge in [-0.05, 0) is 24.3 Å². The van der Waals surface area contributed by atoms with Gasteiger partial charge >= 0.3 is 5.97 Å². The number of hydrogen-bond donors (Lipinski definition) is 1.